The van der Waals surface area contributed by atoms with E-state index in [4.69, 9.17) is 25.8 Å². The first kappa shape index (κ1) is 27.5. The summed E-state index contributed by atoms with van der Waals surface area (Å²) in [5.41, 5.74) is 5.96. The second kappa shape index (κ2) is 11.6. The van der Waals surface area contributed by atoms with E-state index < -0.39 is 0 Å². The van der Waals surface area contributed by atoms with Gasteiger partial charge in [0.15, 0.2) is 0 Å². The molecule has 0 aliphatic carbocycles. The summed E-state index contributed by atoms with van der Waals surface area (Å²) >= 11 is 6.41. The number of amides is 1. The summed E-state index contributed by atoms with van der Waals surface area (Å²) in [6.07, 6.45) is 0.790. The topological polar surface area (TPSA) is 95.8 Å². The monoisotopic (exact) mass is 562 g/mol. The predicted molar refractivity (Wildman–Crippen MR) is 151 cm³/mol. The highest BCUT2D eigenvalue weighted by atomic mass is 35.5. The second-order valence-corrected chi connectivity index (χ2v) is 10.1. The number of carbonyl (C=O) groups excluding carboxylic acids is 2. The molecule has 9 nitrogen and oxygen atoms in total. The summed E-state index contributed by atoms with van der Waals surface area (Å²) < 4.78 is 17.9. The van der Waals surface area contributed by atoms with Crippen molar-refractivity contribution >= 4 is 34.5 Å². The minimum Gasteiger partial charge on any atom is -0.497 e. The van der Waals surface area contributed by atoms with Crippen molar-refractivity contribution in [3.05, 3.63) is 81.4 Å². The van der Waals surface area contributed by atoms with Gasteiger partial charge in [0.1, 0.15) is 22.5 Å². The lowest BCUT2D eigenvalue weighted by Crippen LogP contribution is -2.36. The van der Waals surface area contributed by atoms with Crippen LogP contribution < -0.4 is 9.47 Å². The van der Waals surface area contributed by atoms with Gasteiger partial charge in [-0.2, -0.15) is 0 Å². The SMILES string of the molecule is CCOC(=O)CC(c1cc(OC)c2c(c1)nnn2C)c1cccc2c1CCN(C(=O)c1ccc(OC)cc1Cl)C2. The van der Waals surface area contributed by atoms with E-state index in [1.54, 1.807) is 48.9 Å². The molecule has 0 saturated heterocycles. The van der Waals surface area contributed by atoms with Crippen LogP contribution in [0.15, 0.2) is 48.5 Å². The van der Waals surface area contributed by atoms with E-state index in [1.165, 1.54) is 0 Å². The lowest BCUT2D eigenvalue weighted by atomic mass is 9.82. The van der Waals surface area contributed by atoms with Crippen molar-refractivity contribution in [2.75, 3.05) is 27.4 Å². The van der Waals surface area contributed by atoms with E-state index >= 15 is 0 Å². The molecule has 1 unspecified atom stereocenters. The van der Waals surface area contributed by atoms with E-state index in [0.717, 1.165) is 27.8 Å². The van der Waals surface area contributed by atoms with Crippen molar-refractivity contribution in [3.63, 3.8) is 0 Å². The number of aryl methyl sites for hydroxylation is 1. The third-order valence-corrected chi connectivity index (χ3v) is 7.67. The lowest BCUT2D eigenvalue weighted by Gasteiger charge is -2.32. The number of ether oxygens (including phenoxy) is 3. The van der Waals surface area contributed by atoms with Crippen molar-refractivity contribution in [1.82, 2.24) is 19.9 Å². The third-order valence-electron chi connectivity index (χ3n) is 7.36. The van der Waals surface area contributed by atoms with Crippen LogP contribution in [0.5, 0.6) is 11.5 Å². The van der Waals surface area contributed by atoms with Crippen molar-refractivity contribution < 1.29 is 23.8 Å². The van der Waals surface area contributed by atoms with E-state index in [1.807, 2.05) is 37.4 Å². The number of esters is 1. The number of rotatable bonds is 8. The maximum Gasteiger partial charge on any atom is 0.306 e. The maximum atomic E-state index is 13.4. The fourth-order valence-corrected chi connectivity index (χ4v) is 5.68. The molecule has 4 aromatic rings. The molecule has 0 radical (unpaired) electrons. The average Bonchev–Trinajstić information content (AvgIpc) is 3.35. The van der Waals surface area contributed by atoms with E-state index in [-0.39, 0.29) is 24.2 Å². The normalized spacial score (nSPS) is 13.6. The van der Waals surface area contributed by atoms with Gasteiger partial charge in [0, 0.05) is 26.1 Å². The van der Waals surface area contributed by atoms with Crippen LogP contribution in [0.2, 0.25) is 5.02 Å². The number of hydrogen-bond acceptors (Lipinski definition) is 7. The number of fused-ring (bicyclic) bond motifs is 2. The quantitative estimate of drug-likeness (QED) is 0.281. The predicted octanol–water partition coefficient (Wildman–Crippen LogP) is 4.92. The van der Waals surface area contributed by atoms with Gasteiger partial charge in [0.25, 0.3) is 5.91 Å². The first-order valence-corrected chi connectivity index (χ1v) is 13.5. The zero-order chi connectivity index (χ0) is 28.4. The first-order valence-electron chi connectivity index (χ1n) is 13.1. The van der Waals surface area contributed by atoms with Gasteiger partial charge in [-0.25, -0.2) is 4.68 Å². The molecule has 1 amide bonds. The molecule has 2 heterocycles. The van der Waals surface area contributed by atoms with Gasteiger partial charge >= 0.3 is 5.97 Å². The summed E-state index contributed by atoms with van der Waals surface area (Å²) in [5, 5.41) is 8.80. The largest absolute Gasteiger partial charge is 0.497 e. The smallest absolute Gasteiger partial charge is 0.306 e. The fourth-order valence-electron chi connectivity index (χ4n) is 5.43. The molecule has 0 N–H and O–H groups in total. The molecule has 5 rings (SSSR count). The Kier molecular flexibility index (Phi) is 7.93. The molecule has 0 spiro atoms. The molecular weight excluding hydrogens is 532 g/mol. The molecule has 10 heteroatoms. The molecular formula is C30H31ClN4O5. The molecule has 3 aromatic carbocycles. The second-order valence-electron chi connectivity index (χ2n) is 9.67. The molecule has 1 aliphatic rings. The summed E-state index contributed by atoms with van der Waals surface area (Å²) in [4.78, 5) is 28.0. The van der Waals surface area contributed by atoms with Crippen molar-refractivity contribution in [1.29, 1.82) is 0 Å². The zero-order valence-electron chi connectivity index (χ0n) is 22.9. The number of carbonyl (C=O) groups is 2. The standard InChI is InChI=1S/C30H31ClN4O5/c1-5-40-28(36)16-24(19-13-26-29(27(14-19)39-4)34(2)33-32-26)22-8-6-7-18-17-35(12-11-21(18)22)30(37)23-10-9-20(38-3)15-25(23)31/h6-10,13-15,24H,5,11-12,16-17H2,1-4H3. The highest BCUT2D eigenvalue weighted by Gasteiger charge is 2.29. The first-order chi connectivity index (χ1) is 19.3. The van der Waals surface area contributed by atoms with Gasteiger partial charge in [-0.1, -0.05) is 35.0 Å². The van der Waals surface area contributed by atoms with Crippen LogP contribution in [0.4, 0.5) is 0 Å². The maximum absolute atomic E-state index is 13.4. The number of aromatic nitrogens is 3. The highest BCUT2D eigenvalue weighted by Crippen LogP contribution is 2.38. The van der Waals surface area contributed by atoms with Gasteiger partial charge in [-0.05, 0) is 65.9 Å². The molecule has 208 valence electrons. The van der Waals surface area contributed by atoms with Crippen molar-refractivity contribution in [2.45, 2.75) is 32.2 Å². The van der Waals surface area contributed by atoms with E-state index in [9.17, 15) is 9.59 Å². The van der Waals surface area contributed by atoms with Gasteiger partial charge in [0.2, 0.25) is 0 Å². The Morgan fingerprint density at radius 2 is 1.93 bits per heavy atom. The Hall–Kier alpha value is -4.11. The lowest BCUT2D eigenvalue weighted by molar-refractivity contribution is -0.143. The van der Waals surface area contributed by atoms with Gasteiger partial charge in [0.05, 0.1) is 37.8 Å². The molecule has 1 atom stereocenters. The average molecular weight is 563 g/mol. The van der Waals surface area contributed by atoms with Crippen LogP contribution in [-0.4, -0.2) is 59.1 Å². The van der Waals surface area contributed by atoms with Crippen LogP contribution in [-0.2, 0) is 29.5 Å². The molecule has 0 saturated carbocycles. The number of halogens is 1. The summed E-state index contributed by atoms with van der Waals surface area (Å²) in [6, 6.07) is 15.0. The van der Waals surface area contributed by atoms with Gasteiger partial charge < -0.3 is 19.1 Å². The van der Waals surface area contributed by atoms with Gasteiger partial charge in [-0.3, -0.25) is 9.59 Å². The highest BCUT2D eigenvalue weighted by molar-refractivity contribution is 6.34. The van der Waals surface area contributed by atoms with Crippen LogP contribution in [0.3, 0.4) is 0 Å². The van der Waals surface area contributed by atoms with E-state index in [0.29, 0.717) is 53.7 Å². The zero-order valence-corrected chi connectivity index (χ0v) is 23.7. The molecule has 0 fully saturated rings. The summed E-state index contributed by atoms with van der Waals surface area (Å²) in [6.45, 7) is 3.05. The van der Waals surface area contributed by atoms with Crippen LogP contribution in [0.25, 0.3) is 11.0 Å². The number of nitrogens with zero attached hydrogens (tertiary/aromatic N) is 4. The number of benzene rings is 3. The molecule has 40 heavy (non-hydrogen) atoms. The Morgan fingerprint density at radius 1 is 1.10 bits per heavy atom. The fraction of sp³-hybridized carbons (Fsp3) is 0.333. The molecule has 1 aromatic heterocycles. The number of methoxy groups -OCH3 is 2. The Balaban J connectivity index is 1.52. The van der Waals surface area contributed by atoms with Crippen molar-refractivity contribution in [3.8, 4) is 11.5 Å². The number of hydrogen-bond donors (Lipinski definition) is 0. The van der Waals surface area contributed by atoms with Gasteiger partial charge in [-0.15, -0.1) is 5.10 Å². The Morgan fingerprint density at radius 3 is 2.65 bits per heavy atom. The Labute approximate surface area is 237 Å². The molecule has 1 aliphatic heterocycles. The summed E-state index contributed by atoms with van der Waals surface area (Å²) in [7, 11) is 4.98. The summed E-state index contributed by atoms with van der Waals surface area (Å²) in [5.74, 6) is 0.508. The Bertz CT molecular complexity index is 1580. The minimum atomic E-state index is -0.299. The van der Waals surface area contributed by atoms with Crippen LogP contribution >= 0.6 is 11.6 Å². The van der Waals surface area contributed by atoms with Crippen molar-refractivity contribution in [2.24, 2.45) is 7.05 Å². The minimum absolute atomic E-state index is 0.135. The van der Waals surface area contributed by atoms with Crippen LogP contribution in [0, 0.1) is 0 Å². The third kappa shape index (κ3) is 5.21. The van der Waals surface area contributed by atoms with E-state index in [2.05, 4.69) is 10.3 Å². The molecule has 0 bridgehead atoms. The van der Waals surface area contributed by atoms with Crippen LogP contribution in [0.1, 0.15) is 51.9 Å².